The van der Waals surface area contributed by atoms with Crippen molar-refractivity contribution in [2.24, 2.45) is 0 Å². The Kier molecular flexibility index (Phi) is 9.51. The lowest BCUT2D eigenvalue weighted by Gasteiger charge is -1.86. The fourth-order valence-electron chi connectivity index (χ4n) is 1.09. The molecule has 0 aromatic rings. The third-order valence-corrected chi connectivity index (χ3v) is 1.87. The lowest BCUT2D eigenvalue weighted by atomic mass is 10.2. The van der Waals surface area contributed by atoms with Gasteiger partial charge < -0.3 is 0 Å². The van der Waals surface area contributed by atoms with E-state index in [1.165, 1.54) is 44.9 Å². The lowest BCUT2D eigenvalue weighted by Crippen LogP contribution is -1.66. The zero-order valence-corrected chi connectivity index (χ0v) is 8.10. The van der Waals surface area contributed by atoms with Gasteiger partial charge in [-0.05, 0) is 19.3 Å². The molecule has 0 saturated heterocycles. The third-order valence-electron chi connectivity index (χ3n) is 1.87. The molecular weight excluding hydrogens is 132 g/mol. The largest absolute Gasteiger partial charge is 0.0885 e. The second-order valence-corrected chi connectivity index (χ2v) is 3.11. The molecule has 11 heavy (non-hydrogen) atoms. The second kappa shape index (κ2) is 9.74. The van der Waals surface area contributed by atoms with Gasteiger partial charge in [-0.2, -0.15) is 0 Å². The van der Waals surface area contributed by atoms with Crippen molar-refractivity contribution in [3.8, 4) is 0 Å². The van der Waals surface area contributed by atoms with E-state index >= 15 is 0 Å². The van der Waals surface area contributed by atoms with Crippen LogP contribution in [0.25, 0.3) is 0 Å². The molecule has 0 aliphatic heterocycles. The molecule has 0 fully saturated rings. The van der Waals surface area contributed by atoms with Crippen LogP contribution >= 0.6 is 0 Å². The van der Waals surface area contributed by atoms with Gasteiger partial charge >= 0.3 is 0 Å². The first kappa shape index (κ1) is 10.7. The van der Waals surface area contributed by atoms with E-state index in [0.29, 0.717) is 0 Å². The maximum atomic E-state index is 2.24. The van der Waals surface area contributed by atoms with Gasteiger partial charge in [-0.15, -0.1) is 0 Å². The molecule has 66 valence electrons. The van der Waals surface area contributed by atoms with Gasteiger partial charge in [-0.25, -0.2) is 0 Å². The van der Waals surface area contributed by atoms with Gasteiger partial charge in [-0.3, -0.25) is 0 Å². The van der Waals surface area contributed by atoms with Crippen LogP contribution < -0.4 is 0 Å². The number of hydrogen-bond acceptors (Lipinski definition) is 0. The predicted molar refractivity (Wildman–Crippen MR) is 52.8 cm³/mol. The van der Waals surface area contributed by atoms with Crippen LogP contribution in [-0.4, -0.2) is 0 Å². The van der Waals surface area contributed by atoms with Crippen molar-refractivity contribution in [1.29, 1.82) is 0 Å². The zero-order valence-electron chi connectivity index (χ0n) is 8.10. The Morgan fingerprint density at radius 1 is 0.909 bits per heavy atom. The lowest BCUT2D eigenvalue weighted by molar-refractivity contribution is 0.702. The zero-order chi connectivity index (χ0) is 8.36. The topological polar surface area (TPSA) is 0 Å². The molecule has 0 heterocycles. The fraction of sp³-hybridized carbons (Fsp3) is 0.818. The summed E-state index contributed by atoms with van der Waals surface area (Å²) in [5.41, 5.74) is 0. The van der Waals surface area contributed by atoms with Gasteiger partial charge in [0.25, 0.3) is 0 Å². The molecule has 1 aliphatic carbocycles. The highest BCUT2D eigenvalue weighted by Crippen LogP contribution is 2.05. The SMILES string of the molecule is C1=CCCC1.CCCCCC. The van der Waals surface area contributed by atoms with E-state index in [1.54, 1.807) is 0 Å². The summed E-state index contributed by atoms with van der Waals surface area (Å²) in [5.74, 6) is 0. The highest BCUT2D eigenvalue weighted by molar-refractivity contribution is 4.88. The standard InChI is InChI=1S/C6H14.C5H8/c1-3-5-6-4-2;1-2-4-5-3-1/h3-6H2,1-2H3;1-2H,3-5H2. The van der Waals surface area contributed by atoms with Gasteiger partial charge in [0.05, 0.1) is 0 Å². The summed E-state index contributed by atoms with van der Waals surface area (Å²) in [6.45, 7) is 4.46. The van der Waals surface area contributed by atoms with E-state index in [2.05, 4.69) is 26.0 Å². The average Bonchev–Trinajstić information content (AvgIpc) is 2.57. The Morgan fingerprint density at radius 3 is 1.55 bits per heavy atom. The molecule has 1 aliphatic rings. The van der Waals surface area contributed by atoms with E-state index in [4.69, 9.17) is 0 Å². The summed E-state index contributed by atoms with van der Waals surface area (Å²) in [6, 6.07) is 0. The molecule has 0 N–H and O–H groups in total. The first-order valence-electron chi connectivity index (χ1n) is 5.06. The van der Waals surface area contributed by atoms with Crippen molar-refractivity contribution >= 4 is 0 Å². The average molecular weight is 154 g/mol. The van der Waals surface area contributed by atoms with Gasteiger partial charge in [-0.1, -0.05) is 51.7 Å². The van der Waals surface area contributed by atoms with Crippen molar-refractivity contribution in [3.05, 3.63) is 12.2 Å². The van der Waals surface area contributed by atoms with Crippen LogP contribution in [0.4, 0.5) is 0 Å². The molecule has 0 atom stereocenters. The minimum absolute atomic E-state index is 1.32. The quantitative estimate of drug-likeness (QED) is 0.419. The van der Waals surface area contributed by atoms with Crippen molar-refractivity contribution < 1.29 is 0 Å². The Balaban J connectivity index is 0.000000183. The highest BCUT2D eigenvalue weighted by atomic mass is 13.9. The van der Waals surface area contributed by atoms with Gasteiger partial charge in [0.1, 0.15) is 0 Å². The normalized spacial score (nSPS) is 14.4. The summed E-state index contributed by atoms with van der Waals surface area (Å²) < 4.78 is 0. The van der Waals surface area contributed by atoms with Crippen LogP contribution in [0.15, 0.2) is 12.2 Å². The predicted octanol–water partition coefficient (Wildman–Crippen LogP) is 4.31. The molecule has 0 unspecified atom stereocenters. The highest BCUT2D eigenvalue weighted by Gasteiger charge is 1.84. The molecule has 1 rings (SSSR count). The summed E-state index contributed by atoms with van der Waals surface area (Å²) in [4.78, 5) is 0. The van der Waals surface area contributed by atoms with Crippen molar-refractivity contribution in [3.63, 3.8) is 0 Å². The molecule has 0 heteroatoms. The Hall–Kier alpha value is -0.260. The van der Waals surface area contributed by atoms with Crippen LogP contribution in [0, 0.1) is 0 Å². The summed E-state index contributed by atoms with van der Waals surface area (Å²) in [6.07, 6.45) is 14.0. The molecule has 0 aromatic carbocycles. The summed E-state index contributed by atoms with van der Waals surface area (Å²) in [7, 11) is 0. The smallest absolute Gasteiger partial charge is 0.0348 e. The van der Waals surface area contributed by atoms with Crippen LogP contribution in [0.3, 0.4) is 0 Å². The number of hydrogen-bond donors (Lipinski definition) is 0. The van der Waals surface area contributed by atoms with Gasteiger partial charge in [0.2, 0.25) is 0 Å². The van der Waals surface area contributed by atoms with E-state index in [-0.39, 0.29) is 0 Å². The number of allylic oxidation sites excluding steroid dienone is 2. The minimum atomic E-state index is 1.32. The minimum Gasteiger partial charge on any atom is -0.0885 e. The molecule has 0 bridgehead atoms. The summed E-state index contributed by atoms with van der Waals surface area (Å²) in [5, 5.41) is 0. The molecule has 0 radical (unpaired) electrons. The molecule has 0 spiro atoms. The third kappa shape index (κ3) is 9.74. The second-order valence-electron chi connectivity index (χ2n) is 3.11. The molecular formula is C11H22. The van der Waals surface area contributed by atoms with E-state index in [0.717, 1.165) is 0 Å². The summed E-state index contributed by atoms with van der Waals surface area (Å²) >= 11 is 0. The van der Waals surface area contributed by atoms with E-state index in [1.807, 2.05) is 0 Å². The molecule has 0 amide bonds. The van der Waals surface area contributed by atoms with Crippen LogP contribution in [0.2, 0.25) is 0 Å². The monoisotopic (exact) mass is 154 g/mol. The van der Waals surface area contributed by atoms with Crippen molar-refractivity contribution in [2.75, 3.05) is 0 Å². The van der Waals surface area contributed by atoms with Crippen LogP contribution in [0.1, 0.15) is 58.8 Å². The van der Waals surface area contributed by atoms with Gasteiger partial charge in [0.15, 0.2) is 0 Å². The van der Waals surface area contributed by atoms with E-state index in [9.17, 15) is 0 Å². The van der Waals surface area contributed by atoms with Crippen LogP contribution in [-0.2, 0) is 0 Å². The Morgan fingerprint density at radius 2 is 1.36 bits per heavy atom. The Labute approximate surface area is 71.7 Å². The molecule has 0 saturated carbocycles. The maximum absolute atomic E-state index is 2.24. The van der Waals surface area contributed by atoms with E-state index < -0.39 is 0 Å². The van der Waals surface area contributed by atoms with Crippen molar-refractivity contribution in [2.45, 2.75) is 58.8 Å². The van der Waals surface area contributed by atoms with Gasteiger partial charge in [0, 0.05) is 0 Å². The van der Waals surface area contributed by atoms with Crippen molar-refractivity contribution in [1.82, 2.24) is 0 Å². The number of rotatable bonds is 3. The number of unbranched alkanes of at least 4 members (excludes halogenated alkanes) is 3. The first-order valence-corrected chi connectivity index (χ1v) is 5.06. The Bertz CT molecular complexity index is 72.0. The fourth-order valence-corrected chi connectivity index (χ4v) is 1.09. The van der Waals surface area contributed by atoms with Crippen LogP contribution in [0.5, 0.6) is 0 Å². The molecule has 0 aromatic heterocycles. The maximum Gasteiger partial charge on any atom is -0.0348 e. The first-order chi connectivity index (χ1) is 5.41. The molecule has 0 nitrogen and oxygen atoms in total.